The number of aromatic amines is 1. The Labute approximate surface area is 133 Å². The van der Waals surface area contributed by atoms with Gasteiger partial charge >= 0.3 is 0 Å². The molecule has 3 rings (SSSR count). The van der Waals surface area contributed by atoms with Gasteiger partial charge in [-0.1, -0.05) is 18.2 Å². The predicted molar refractivity (Wildman–Crippen MR) is 86.1 cm³/mol. The molecule has 1 atom stereocenters. The maximum absolute atomic E-state index is 12.6. The Balaban J connectivity index is 1.82. The minimum Gasteiger partial charge on any atom is -0.496 e. The molecule has 6 nitrogen and oxygen atoms in total. The van der Waals surface area contributed by atoms with Crippen LogP contribution in [0.15, 0.2) is 41.3 Å². The number of rotatable bonds is 4. The Hall–Kier alpha value is -2.60. The fourth-order valence-electron chi connectivity index (χ4n) is 3.05. The van der Waals surface area contributed by atoms with Crippen molar-refractivity contribution in [3.05, 3.63) is 63.6 Å². The van der Waals surface area contributed by atoms with Gasteiger partial charge in [-0.25, -0.2) is 0 Å². The van der Waals surface area contributed by atoms with Crippen molar-refractivity contribution in [2.24, 2.45) is 5.73 Å². The number of fused-ring (bicyclic) bond motifs is 1. The van der Waals surface area contributed by atoms with Crippen LogP contribution >= 0.6 is 0 Å². The molecule has 1 aromatic heterocycles. The molecule has 0 saturated heterocycles. The lowest BCUT2D eigenvalue weighted by atomic mass is 9.91. The zero-order valence-corrected chi connectivity index (χ0v) is 12.9. The van der Waals surface area contributed by atoms with Crippen LogP contribution in [0.5, 0.6) is 5.75 Å². The Kier molecular flexibility index (Phi) is 3.92. The van der Waals surface area contributed by atoms with Gasteiger partial charge in [0.25, 0.3) is 5.56 Å². The van der Waals surface area contributed by atoms with Crippen LogP contribution in [0.4, 0.5) is 0 Å². The summed E-state index contributed by atoms with van der Waals surface area (Å²) in [5.41, 5.74) is 7.34. The van der Waals surface area contributed by atoms with Crippen molar-refractivity contribution in [3.63, 3.8) is 0 Å². The van der Waals surface area contributed by atoms with E-state index in [1.165, 1.54) is 0 Å². The van der Waals surface area contributed by atoms with E-state index in [9.17, 15) is 9.59 Å². The first kappa shape index (κ1) is 15.3. The lowest BCUT2D eigenvalue weighted by molar-refractivity contribution is -0.126. The molecule has 1 aromatic carbocycles. The molecule has 0 fully saturated rings. The van der Waals surface area contributed by atoms with E-state index in [4.69, 9.17) is 10.5 Å². The number of hydrogen-bond donors (Lipinski definition) is 3. The van der Waals surface area contributed by atoms with Crippen molar-refractivity contribution in [1.82, 2.24) is 10.3 Å². The Morgan fingerprint density at radius 2 is 2.22 bits per heavy atom. The summed E-state index contributed by atoms with van der Waals surface area (Å²) < 4.78 is 5.34. The molecule has 1 unspecified atom stereocenters. The summed E-state index contributed by atoms with van der Waals surface area (Å²) in [5, 5.41) is 2.78. The number of pyridine rings is 1. The first-order chi connectivity index (χ1) is 11.1. The van der Waals surface area contributed by atoms with E-state index in [2.05, 4.69) is 10.3 Å². The number of ether oxygens (including phenoxy) is 1. The van der Waals surface area contributed by atoms with Crippen molar-refractivity contribution in [2.45, 2.75) is 24.9 Å². The van der Waals surface area contributed by atoms with Gasteiger partial charge in [-0.05, 0) is 36.1 Å². The zero-order chi connectivity index (χ0) is 16.4. The number of H-pyrrole nitrogens is 1. The second-order valence-electron chi connectivity index (χ2n) is 5.66. The van der Waals surface area contributed by atoms with Crippen molar-refractivity contribution >= 4 is 5.91 Å². The summed E-state index contributed by atoms with van der Waals surface area (Å²) in [6.07, 6.45) is 2.76. The van der Waals surface area contributed by atoms with Crippen molar-refractivity contribution in [1.29, 1.82) is 0 Å². The topological polar surface area (TPSA) is 97.2 Å². The van der Waals surface area contributed by atoms with Gasteiger partial charge in [0.2, 0.25) is 5.91 Å². The first-order valence-corrected chi connectivity index (χ1v) is 7.46. The van der Waals surface area contributed by atoms with Crippen molar-refractivity contribution in [3.8, 4) is 5.75 Å². The monoisotopic (exact) mass is 313 g/mol. The van der Waals surface area contributed by atoms with Gasteiger partial charge in [-0.15, -0.1) is 0 Å². The van der Waals surface area contributed by atoms with E-state index in [1.807, 2.05) is 18.2 Å². The highest BCUT2D eigenvalue weighted by Crippen LogP contribution is 2.39. The van der Waals surface area contributed by atoms with Gasteiger partial charge in [0.05, 0.1) is 7.11 Å². The molecule has 23 heavy (non-hydrogen) atoms. The Morgan fingerprint density at radius 1 is 1.39 bits per heavy atom. The molecule has 0 aliphatic heterocycles. The number of nitrogens with two attached hydrogens (primary N) is 1. The average Bonchev–Trinajstić information content (AvgIpc) is 2.92. The number of benzene rings is 1. The van der Waals surface area contributed by atoms with Gasteiger partial charge in [0.1, 0.15) is 11.3 Å². The molecule has 1 amide bonds. The normalized spacial score (nSPS) is 19.2. The lowest BCUT2D eigenvalue weighted by Crippen LogP contribution is -2.49. The van der Waals surface area contributed by atoms with Crippen LogP contribution in [0, 0.1) is 0 Å². The molecule has 0 saturated carbocycles. The Morgan fingerprint density at radius 3 is 2.96 bits per heavy atom. The summed E-state index contributed by atoms with van der Waals surface area (Å²) >= 11 is 0. The van der Waals surface area contributed by atoms with E-state index in [0.29, 0.717) is 18.4 Å². The standard InChI is InChI=1S/C17H19N3O3/c1-23-14-6-2-5-13-12(14)7-8-17(13,18)16(22)20-10-11-4-3-9-19-15(11)21/h2-6,9H,7-8,10,18H2,1H3,(H,19,21)(H,20,22). The SMILES string of the molecule is COc1cccc2c1CCC2(N)C(=O)NCc1ccc[nH]c1=O. The Bertz CT molecular complexity index is 800. The van der Waals surface area contributed by atoms with Crippen LogP contribution < -0.4 is 21.3 Å². The second kappa shape index (κ2) is 5.89. The van der Waals surface area contributed by atoms with Gasteiger partial charge < -0.3 is 20.8 Å². The third-order valence-electron chi connectivity index (χ3n) is 4.35. The molecule has 0 bridgehead atoms. The maximum atomic E-state index is 12.6. The lowest BCUT2D eigenvalue weighted by Gasteiger charge is -2.24. The minimum absolute atomic E-state index is 0.146. The zero-order valence-electron chi connectivity index (χ0n) is 12.9. The van der Waals surface area contributed by atoms with Crippen LogP contribution in [0.25, 0.3) is 0 Å². The third kappa shape index (κ3) is 2.61. The maximum Gasteiger partial charge on any atom is 0.252 e. The van der Waals surface area contributed by atoms with E-state index >= 15 is 0 Å². The number of methoxy groups -OCH3 is 1. The molecule has 1 aliphatic rings. The molecule has 120 valence electrons. The quantitative estimate of drug-likeness (QED) is 0.778. The smallest absolute Gasteiger partial charge is 0.252 e. The summed E-state index contributed by atoms with van der Waals surface area (Å²) in [4.78, 5) is 26.9. The number of hydrogen-bond acceptors (Lipinski definition) is 4. The molecule has 4 N–H and O–H groups in total. The third-order valence-corrected chi connectivity index (χ3v) is 4.35. The van der Waals surface area contributed by atoms with Gasteiger partial charge in [-0.3, -0.25) is 9.59 Å². The fourth-order valence-corrected chi connectivity index (χ4v) is 3.05. The molecule has 0 spiro atoms. The summed E-state index contributed by atoms with van der Waals surface area (Å²) in [7, 11) is 1.61. The fraction of sp³-hybridized carbons (Fsp3) is 0.294. The summed E-state index contributed by atoms with van der Waals surface area (Å²) in [6, 6.07) is 8.95. The summed E-state index contributed by atoms with van der Waals surface area (Å²) in [6.45, 7) is 0.146. The van der Waals surface area contributed by atoms with Gasteiger partial charge in [0.15, 0.2) is 0 Å². The highest BCUT2D eigenvalue weighted by molar-refractivity contribution is 5.89. The molecular formula is C17H19N3O3. The van der Waals surface area contributed by atoms with Crippen molar-refractivity contribution < 1.29 is 9.53 Å². The number of nitrogens with one attached hydrogen (secondary N) is 2. The summed E-state index contributed by atoms with van der Waals surface area (Å²) in [5.74, 6) is 0.467. The first-order valence-electron chi connectivity index (χ1n) is 7.46. The largest absolute Gasteiger partial charge is 0.496 e. The van der Waals surface area contributed by atoms with E-state index < -0.39 is 5.54 Å². The molecule has 0 radical (unpaired) electrons. The highest BCUT2D eigenvalue weighted by atomic mass is 16.5. The number of amides is 1. The van der Waals surface area contributed by atoms with Gasteiger partial charge in [-0.2, -0.15) is 0 Å². The van der Waals surface area contributed by atoms with Gasteiger partial charge in [0, 0.05) is 18.3 Å². The van der Waals surface area contributed by atoms with Crippen LogP contribution in [-0.2, 0) is 23.3 Å². The van der Waals surface area contributed by atoms with Crippen LogP contribution in [-0.4, -0.2) is 18.0 Å². The number of carbonyl (C=O) groups is 1. The van der Waals surface area contributed by atoms with Crippen LogP contribution in [0.1, 0.15) is 23.1 Å². The predicted octanol–water partition coefficient (Wildman–Crippen LogP) is 0.800. The molecule has 1 aliphatic carbocycles. The van der Waals surface area contributed by atoms with Crippen LogP contribution in [0.3, 0.4) is 0 Å². The second-order valence-corrected chi connectivity index (χ2v) is 5.66. The molecular weight excluding hydrogens is 294 g/mol. The van der Waals surface area contributed by atoms with Crippen molar-refractivity contribution in [2.75, 3.05) is 7.11 Å². The number of carbonyl (C=O) groups excluding carboxylic acids is 1. The van der Waals surface area contributed by atoms with E-state index in [1.54, 1.807) is 25.4 Å². The minimum atomic E-state index is -1.09. The van der Waals surface area contributed by atoms with E-state index in [0.717, 1.165) is 16.9 Å². The number of aromatic nitrogens is 1. The highest BCUT2D eigenvalue weighted by Gasteiger charge is 2.42. The molecule has 1 heterocycles. The van der Waals surface area contributed by atoms with E-state index in [-0.39, 0.29) is 18.0 Å². The average molecular weight is 313 g/mol. The van der Waals surface area contributed by atoms with Crippen LogP contribution in [0.2, 0.25) is 0 Å². The molecule has 6 heteroatoms. The molecule has 2 aromatic rings.